The summed E-state index contributed by atoms with van der Waals surface area (Å²) in [5, 5.41) is 3.03. The number of carbonyl (C=O) groups is 1. The van der Waals surface area contributed by atoms with Gasteiger partial charge in [-0.05, 0) is 57.9 Å². The second-order valence-corrected chi connectivity index (χ2v) is 6.12. The molecule has 0 aliphatic carbocycles. The van der Waals surface area contributed by atoms with E-state index in [1.54, 1.807) is 0 Å². The maximum absolute atomic E-state index is 12.5. The Morgan fingerprint density at radius 1 is 1.38 bits per heavy atom. The number of anilines is 2. The van der Waals surface area contributed by atoms with Gasteiger partial charge in [-0.25, -0.2) is 0 Å². The van der Waals surface area contributed by atoms with Crippen LogP contribution < -0.4 is 11.1 Å². The molecule has 1 aromatic rings. The molecular formula is C17H27N3O. The molecule has 0 saturated carbocycles. The maximum atomic E-state index is 12.5. The van der Waals surface area contributed by atoms with E-state index in [0.29, 0.717) is 11.7 Å². The number of amides is 1. The van der Waals surface area contributed by atoms with E-state index >= 15 is 0 Å². The molecule has 1 heterocycles. The highest BCUT2D eigenvalue weighted by Crippen LogP contribution is 2.23. The largest absolute Gasteiger partial charge is 0.398 e. The van der Waals surface area contributed by atoms with Gasteiger partial charge in [-0.3, -0.25) is 9.69 Å². The first-order valence-corrected chi connectivity index (χ1v) is 7.92. The lowest BCUT2D eigenvalue weighted by atomic mass is 10.1. The highest BCUT2D eigenvalue weighted by atomic mass is 16.2. The van der Waals surface area contributed by atoms with Crippen LogP contribution in [-0.4, -0.2) is 29.4 Å². The van der Waals surface area contributed by atoms with Crippen molar-refractivity contribution >= 4 is 17.3 Å². The summed E-state index contributed by atoms with van der Waals surface area (Å²) in [6.07, 6.45) is 4.89. The Morgan fingerprint density at radius 3 is 2.90 bits per heavy atom. The Hall–Kier alpha value is -1.55. The average Bonchev–Trinajstić information content (AvgIpc) is 2.67. The summed E-state index contributed by atoms with van der Waals surface area (Å²) >= 11 is 0. The summed E-state index contributed by atoms with van der Waals surface area (Å²) < 4.78 is 0. The fourth-order valence-electron chi connectivity index (χ4n) is 3.05. The first kappa shape index (κ1) is 15.8. The molecule has 1 aromatic carbocycles. The third-order valence-corrected chi connectivity index (χ3v) is 4.61. The summed E-state index contributed by atoms with van der Waals surface area (Å²) in [6, 6.07) is 5.99. The number of hydrogen-bond acceptors (Lipinski definition) is 3. The van der Waals surface area contributed by atoms with Crippen LogP contribution in [-0.2, 0) is 4.79 Å². The molecule has 2 rings (SSSR count). The molecule has 116 valence electrons. The van der Waals surface area contributed by atoms with Crippen molar-refractivity contribution in [2.75, 3.05) is 17.6 Å². The normalized spacial score (nSPS) is 21.6. The van der Waals surface area contributed by atoms with Crippen molar-refractivity contribution in [1.82, 2.24) is 4.90 Å². The molecule has 21 heavy (non-hydrogen) atoms. The minimum Gasteiger partial charge on any atom is -0.398 e. The fourth-order valence-corrected chi connectivity index (χ4v) is 3.05. The van der Waals surface area contributed by atoms with Crippen molar-refractivity contribution in [3.05, 3.63) is 23.8 Å². The van der Waals surface area contributed by atoms with Crippen molar-refractivity contribution in [2.24, 2.45) is 0 Å². The summed E-state index contributed by atoms with van der Waals surface area (Å²) in [5.74, 6) is 0.0532. The number of likely N-dealkylation sites (tertiary alicyclic amines) is 1. The molecule has 0 bridgehead atoms. The molecule has 1 aliphatic heterocycles. The van der Waals surface area contributed by atoms with Gasteiger partial charge in [0.05, 0.1) is 6.04 Å². The van der Waals surface area contributed by atoms with Gasteiger partial charge >= 0.3 is 0 Å². The topological polar surface area (TPSA) is 58.4 Å². The van der Waals surface area contributed by atoms with Crippen molar-refractivity contribution < 1.29 is 4.79 Å². The smallest absolute Gasteiger partial charge is 0.241 e. The van der Waals surface area contributed by atoms with Crippen LogP contribution >= 0.6 is 0 Å². The molecule has 2 unspecified atom stereocenters. The molecule has 1 saturated heterocycles. The highest BCUT2D eigenvalue weighted by molar-refractivity contribution is 5.95. The summed E-state index contributed by atoms with van der Waals surface area (Å²) in [7, 11) is 0. The second-order valence-electron chi connectivity index (χ2n) is 6.12. The second kappa shape index (κ2) is 6.94. The molecule has 0 radical (unpaired) electrons. The number of nitrogens with one attached hydrogen (secondary N) is 1. The van der Waals surface area contributed by atoms with Gasteiger partial charge in [0.2, 0.25) is 5.91 Å². The molecule has 4 heteroatoms. The van der Waals surface area contributed by atoms with Gasteiger partial charge in [0.25, 0.3) is 0 Å². The van der Waals surface area contributed by atoms with Crippen LogP contribution in [0.25, 0.3) is 0 Å². The van der Waals surface area contributed by atoms with Crippen LogP contribution in [0.2, 0.25) is 0 Å². The first-order chi connectivity index (χ1) is 10.0. The van der Waals surface area contributed by atoms with Crippen molar-refractivity contribution in [3.8, 4) is 0 Å². The van der Waals surface area contributed by atoms with Crippen molar-refractivity contribution in [3.63, 3.8) is 0 Å². The number of nitrogens with zero attached hydrogens (tertiary/aromatic N) is 1. The van der Waals surface area contributed by atoms with Gasteiger partial charge in [0.1, 0.15) is 0 Å². The molecular weight excluding hydrogens is 262 g/mol. The van der Waals surface area contributed by atoms with Gasteiger partial charge in [-0.15, -0.1) is 0 Å². The lowest BCUT2D eigenvalue weighted by Crippen LogP contribution is -2.46. The third kappa shape index (κ3) is 3.76. The van der Waals surface area contributed by atoms with Gasteiger partial charge < -0.3 is 11.1 Å². The van der Waals surface area contributed by atoms with Gasteiger partial charge in [0, 0.05) is 17.4 Å². The monoisotopic (exact) mass is 289 g/mol. The van der Waals surface area contributed by atoms with Gasteiger partial charge in [-0.1, -0.05) is 18.9 Å². The predicted octanol–water partition coefficient (Wildman–Crippen LogP) is 3.17. The molecule has 1 amide bonds. The number of rotatable bonds is 3. The summed E-state index contributed by atoms with van der Waals surface area (Å²) in [6.45, 7) is 7.16. The maximum Gasteiger partial charge on any atom is 0.241 e. The van der Waals surface area contributed by atoms with E-state index in [1.807, 2.05) is 32.0 Å². The van der Waals surface area contributed by atoms with Crippen molar-refractivity contribution in [1.29, 1.82) is 0 Å². The number of nitrogen functional groups attached to an aromatic ring is 1. The van der Waals surface area contributed by atoms with E-state index < -0.39 is 0 Å². The predicted molar refractivity (Wildman–Crippen MR) is 88.3 cm³/mol. The zero-order valence-corrected chi connectivity index (χ0v) is 13.4. The zero-order valence-electron chi connectivity index (χ0n) is 13.4. The van der Waals surface area contributed by atoms with Crippen LogP contribution in [0.4, 0.5) is 11.4 Å². The van der Waals surface area contributed by atoms with E-state index in [4.69, 9.17) is 5.73 Å². The standard InChI is InChI=1S/C17H27N3O/c1-12-8-5-4-6-11-20(12)14(3)17(21)19-16-10-7-9-15(18)13(16)2/h7,9-10,12,14H,4-6,8,11,18H2,1-3H3,(H,19,21). The third-order valence-electron chi connectivity index (χ3n) is 4.61. The molecule has 4 nitrogen and oxygen atoms in total. The fraction of sp³-hybridized carbons (Fsp3) is 0.588. The SMILES string of the molecule is Cc1c(N)cccc1NC(=O)C(C)N1CCCCCC1C. The summed E-state index contributed by atoms with van der Waals surface area (Å²) in [5.41, 5.74) is 8.35. The van der Waals surface area contributed by atoms with Gasteiger partial charge in [-0.2, -0.15) is 0 Å². The number of nitrogens with two attached hydrogens (primary N) is 1. The molecule has 1 aliphatic rings. The molecule has 2 atom stereocenters. The minimum absolute atomic E-state index is 0.0532. The Balaban J connectivity index is 2.06. The van der Waals surface area contributed by atoms with Crippen LogP contribution in [0.3, 0.4) is 0 Å². The number of carbonyl (C=O) groups excluding carboxylic acids is 1. The molecule has 0 spiro atoms. The molecule has 0 aromatic heterocycles. The Morgan fingerprint density at radius 2 is 2.14 bits per heavy atom. The van der Waals surface area contributed by atoms with Crippen molar-refractivity contribution in [2.45, 2.75) is 58.5 Å². The van der Waals surface area contributed by atoms with E-state index in [1.165, 1.54) is 25.7 Å². The summed E-state index contributed by atoms with van der Waals surface area (Å²) in [4.78, 5) is 14.9. The average molecular weight is 289 g/mol. The van der Waals surface area contributed by atoms with Crippen LogP contribution in [0.5, 0.6) is 0 Å². The highest BCUT2D eigenvalue weighted by Gasteiger charge is 2.26. The minimum atomic E-state index is -0.112. The van der Waals surface area contributed by atoms with E-state index in [0.717, 1.165) is 17.8 Å². The van der Waals surface area contributed by atoms with Crippen LogP contribution in [0, 0.1) is 6.92 Å². The number of benzene rings is 1. The quantitative estimate of drug-likeness (QED) is 0.840. The zero-order chi connectivity index (χ0) is 15.4. The van der Waals surface area contributed by atoms with E-state index in [9.17, 15) is 4.79 Å². The van der Waals surface area contributed by atoms with Crippen LogP contribution in [0.15, 0.2) is 18.2 Å². The Kier molecular flexibility index (Phi) is 5.23. The molecule has 1 fully saturated rings. The van der Waals surface area contributed by atoms with Gasteiger partial charge in [0.15, 0.2) is 0 Å². The Bertz CT molecular complexity index is 501. The van der Waals surface area contributed by atoms with E-state index in [-0.39, 0.29) is 11.9 Å². The van der Waals surface area contributed by atoms with E-state index in [2.05, 4.69) is 17.1 Å². The van der Waals surface area contributed by atoms with Crippen LogP contribution in [0.1, 0.15) is 45.1 Å². The molecule has 3 N–H and O–H groups in total. The Labute approximate surface area is 127 Å². The lowest BCUT2D eigenvalue weighted by Gasteiger charge is -2.32. The lowest BCUT2D eigenvalue weighted by molar-refractivity contribution is -0.121. The number of hydrogen-bond donors (Lipinski definition) is 2. The first-order valence-electron chi connectivity index (χ1n) is 7.92.